The molecule has 0 fully saturated rings. The van der Waals surface area contributed by atoms with E-state index in [2.05, 4.69) is 36.4 Å². The lowest BCUT2D eigenvalue weighted by atomic mass is 9.76. The van der Waals surface area contributed by atoms with Gasteiger partial charge in [-0.15, -0.1) is 0 Å². The number of rotatable bonds is 4. The number of fused-ring (bicyclic) bond motifs is 2. The van der Waals surface area contributed by atoms with E-state index < -0.39 is 0 Å². The highest BCUT2D eigenvalue weighted by atomic mass is 16.5. The number of hydrogen-bond donors (Lipinski definition) is 1. The molecule has 0 bridgehead atoms. The third kappa shape index (κ3) is 2.70. The second-order valence-electron chi connectivity index (χ2n) is 6.29. The second kappa shape index (κ2) is 6.50. The van der Waals surface area contributed by atoms with Crippen molar-refractivity contribution < 1.29 is 9.84 Å². The van der Waals surface area contributed by atoms with Crippen molar-refractivity contribution in [1.29, 1.82) is 0 Å². The largest absolute Gasteiger partial charge is 0.457 e. The van der Waals surface area contributed by atoms with Crippen LogP contribution in [0.1, 0.15) is 22.6 Å². The molecule has 0 amide bonds. The normalized spacial score (nSPS) is 14.4. The molecule has 1 heterocycles. The molecule has 1 aliphatic heterocycles. The minimum Gasteiger partial charge on any atom is -0.457 e. The van der Waals surface area contributed by atoms with Gasteiger partial charge in [0.2, 0.25) is 0 Å². The zero-order valence-electron chi connectivity index (χ0n) is 13.4. The van der Waals surface area contributed by atoms with Crippen molar-refractivity contribution in [2.45, 2.75) is 12.3 Å². The number of hydrogen-bond acceptors (Lipinski definition) is 2. The first kappa shape index (κ1) is 15.0. The van der Waals surface area contributed by atoms with Crippen LogP contribution in [0, 0.1) is 5.92 Å². The molecule has 2 heteroatoms. The third-order valence-electron chi connectivity index (χ3n) is 4.77. The van der Waals surface area contributed by atoms with Gasteiger partial charge < -0.3 is 9.84 Å². The maximum absolute atomic E-state index is 10.1. The molecule has 24 heavy (non-hydrogen) atoms. The number of ether oxygens (including phenoxy) is 1. The van der Waals surface area contributed by atoms with Gasteiger partial charge in [0, 0.05) is 23.7 Å². The molecule has 3 aromatic rings. The Kier molecular flexibility index (Phi) is 4.06. The number of para-hydroxylation sites is 2. The Labute approximate surface area is 142 Å². The summed E-state index contributed by atoms with van der Waals surface area (Å²) in [5.41, 5.74) is 3.57. The average molecular weight is 316 g/mol. The van der Waals surface area contributed by atoms with E-state index in [0.29, 0.717) is 0 Å². The second-order valence-corrected chi connectivity index (χ2v) is 6.29. The van der Waals surface area contributed by atoms with E-state index in [0.717, 1.165) is 29.0 Å². The Balaban J connectivity index is 1.78. The molecule has 0 spiro atoms. The van der Waals surface area contributed by atoms with Crippen molar-refractivity contribution in [3.63, 3.8) is 0 Å². The SMILES string of the molecule is OC[C@H](Cc1ccccc1)C1c2ccccc2Oc2ccccc21. The Morgan fingerprint density at radius 1 is 0.750 bits per heavy atom. The highest BCUT2D eigenvalue weighted by Crippen LogP contribution is 2.47. The molecule has 4 rings (SSSR count). The number of aliphatic hydroxyl groups excluding tert-OH is 1. The van der Waals surface area contributed by atoms with Crippen LogP contribution < -0.4 is 4.74 Å². The number of benzene rings is 3. The fourth-order valence-electron chi connectivity index (χ4n) is 3.66. The average Bonchev–Trinajstić information content (AvgIpc) is 2.65. The van der Waals surface area contributed by atoms with E-state index in [1.165, 1.54) is 5.56 Å². The maximum atomic E-state index is 10.1. The fourth-order valence-corrected chi connectivity index (χ4v) is 3.66. The molecule has 1 atom stereocenters. The van der Waals surface area contributed by atoms with Crippen LogP contribution in [-0.2, 0) is 6.42 Å². The number of aliphatic hydroxyl groups is 1. The Morgan fingerprint density at radius 2 is 1.29 bits per heavy atom. The van der Waals surface area contributed by atoms with Gasteiger partial charge in [0.1, 0.15) is 11.5 Å². The van der Waals surface area contributed by atoms with E-state index in [9.17, 15) is 5.11 Å². The summed E-state index contributed by atoms with van der Waals surface area (Å²) < 4.78 is 6.07. The van der Waals surface area contributed by atoms with Crippen LogP contribution in [0.25, 0.3) is 0 Å². The Hall–Kier alpha value is -2.58. The third-order valence-corrected chi connectivity index (χ3v) is 4.77. The van der Waals surface area contributed by atoms with Crippen molar-refractivity contribution in [2.75, 3.05) is 6.61 Å². The van der Waals surface area contributed by atoms with Crippen molar-refractivity contribution in [1.82, 2.24) is 0 Å². The summed E-state index contributed by atoms with van der Waals surface area (Å²) in [6, 6.07) is 26.7. The summed E-state index contributed by atoms with van der Waals surface area (Å²) in [5, 5.41) is 10.1. The molecule has 0 radical (unpaired) electrons. The summed E-state index contributed by atoms with van der Waals surface area (Å²) in [5.74, 6) is 2.04. The molecule has 2 nitrogen and oxygen atoms in total. The molecule has 0 aromatic heterocycles. The monoisotopic (exact) mass is 316 g/mol. The molecule has 0 unspecified atom stereocenters. The van der Waals surface area contributed by atoms with E-state index in [4.69, 9.17) is 4.74 Å². The lowest BCUT2D eigenvalue weighted by molar-refractivity contribution is 0.208. The van der Waals surface area contributed by atoms with Gasteiger partial charge in [0.25, 0.3) is 0 Å². The Bertz CT molecular complexity index is 781. The van der Waals surface area contributed by atoms with Crippen molar-refractivity contribution in [3.8, 4) is 11.5 Å². The van der Waals surface area contributed by atoms with E-state index >= 15 is 0 Å². The minimum atomic E-state index is 0.110. The molecule has 3 aromatic carbocycles. The van der Waals surface area contributed by atoms with Crippen molar-refractivity contribution in [2.24, 2.45) is 5.92 Å². The van der Waals surface area contributed by atoms with Gasteiger partial charge in [-0.25, -0.2) is 0 Å². The van der Waals surface area contributed by atoms with E-state index in [1.54, 1.807) is 0 Å². The summed E-state index contributed by atoms with van der Waals surface area (Å²) >= 11 is 0. The van der Waals surface area contributed by atoms with Crippen LogP contribution in [0.3, 0.4) is 0 Å². The van der Waals surface area contributed by atoms with Gasteiger partial charge in [0.15, 0.2) is 0 Å². The standard InChI is InChI=1S/C22H20O2/c23-15-17(14-16-8-2-1-3-9-16)22-18-10-4-6-12-20(18)24-21-13-7-5-11-19(21)22/h1-13,17,22-23H,14-15H2/t17-/m0/s1. The molecule has 120 valence electrons. The van der Waals surface area contributed by atoms with Crippen LogP contribution in [0.2, 0.25) is 0 Å². The molecule has 0 saturated carbocycles. The maximum Gasteiger partial charge on any atom is 0.131 e. The predicted molar refractivity (Wildman–Crippen MR) is 95.5 cm³/mol. The van der Waals surface area contributed by atoms with E-state index in [1.807, 2.05) is 42.5 Å². The van der Waals surface area contributed by atoms with Crippen LogP contribution in [0.15, 0.2) is 78.9 Å². The van der Waals surface area contributed by atoms with Crippen LogP contribution in [-0.4, -0.2) is 11.7 Å². The quantitative estimate of drug-likeness (QED) is 0.751. The van der Waals surface area contributed by atoms with Gasteiger partial charge in [-0.2, -0.15) is 0 Å². The smallest absolute Gasteiger partial charge is 0.131 e. The zero-order valence-corrected chi connectivity index (χ0v) is 13.4. The summed E-state index contributed by atoms with van der Waals surface area (Å²) in [7, 11) is 0. The van der Waals surface area contributed by atoms with Crippen molar-refractivity contribution >= 4 is 0 Å². The van der Waals surface area contributed by atoms with Gasteiger partial charge >= 0.3 is 0 Å². The lowest BCUT2D eigenvalue weighted by Crippen LogP contribution is -2.23. The first-order chi connectivity index (χ1) is 11.9. The molecule has 1 N–H and O–H groups in total. The first-order valence-electron chi connectivity index (χ1n) is 8.37. The first-order valence-corrected chi connectivity index (χ1v) is 8.37. The predicted octanol–water partition coefficient (Wildman–Crippen LogP) is 4.78. The van der Waals surface area contributed by atoms with E-state index in [-0.39, 0.29) is 18.4 Å². The molecular formula is C22H20O2. The molecule has 1 aliphatic rings. The molecule has 0 aliphatic carbocycles. The lowest BCUT2D eigenvalue weighted by Gasteiger charge is -2.33. The molecule has 0 saturated heterocycles. The van der Waals surface area contributed by atoms with Gasteiger partial charge in [0.05, 0.1) is 0 Å². The van der Waals surface area contributed by atoms with Crippen LogP contribution in [0.4, 0.5) is 0 Å². The van der Waals surface area contributed by atoms with Gasteiger partial charge in [-0.1, -0.05) is 66.7 Å². The summed E-state index contributed by atoms with van der Waals surface area (Å²) in [6.45, 7) is 0.141. The van der Waals surface area contributed by atoms with Gasteiger partial charge in [-0.3, -0.25) is 0 Å². The van der Waals surface area contributed by atoms with Gasteiger partial charge in [-0.05, 0) is 30.0 Å². The molecular weight excluding hydrogens is 296 g/mol. The highest BCUT2D eigenvalue weighted by Gasteiger charge is 2.32. The fraction of sp³-hybridized carbons (Fsp3) is 0.182. The zero-order chi connectivity index (χ0) is 16.4. The summed E-state index contributed by atoms with van der Waals surface area (Å²) in [6.07, 6.45) is 0.838. The van der Waals surface area contributed by atoms with Crippen molar-refractivity contribution in [3.05, 3.63) is 95.6 Å². The Morgan fingerprint density at radius 3 is 1.88 bits per heavy atom. The van der Waals surface area contributed by atoms with Crippen LogP contribution >= 0.6 is 0 Å². The summed E-state index contributed by atoms with van der Waals surface area (Å²) in [4.78, 5) is 0. The minimum absolute atomic E-state index is 0.110. The highest BCUT2D eigenvalue weighted by molar-refractivity contribution is 5.53. The van der Waals surface area contributed by atoms with Crippen LogP contribution in [0.5, 0.6) is 11.5 Å². The topological polar surface area (TPSA) is 29.5 Å².